The summed E-state index contributed by atoms with van der Waals surface area (Å²) in [6.07, 6.45) is -0.994. The average Bonchev–Trinajstić information content (AvgIpc) is 1.63. The van der Waals surface area contributed by atoms with Crippen molar-refractivity contribution in [2.45, 2.75) is 19.1 Å². The Bertz CT molecular complexity index is 106. The lowest BCUT2D eigenvalue weighted by Gasteiger charge is -2.06. The van der Waals surface area contributed by atoms with Gasteiger partial charge in [-0.05, 0) is 11.5 Å². The van der Waals surface area contributed by atoms with E-state index < -0.39 is 20.2 Å². The Hall–Kier alpha value is -0.0200. The molecule has 4 nitrogen and oxygen atoms in total. The molecule has 3 atom stereocenters. The Morgan fingerprint density at radius 2 is 2.22 bits per heavy atom. The quantitative estimate of drug-likeness (QED) is 0.473. The summed E-state index contributed by atoms with van der Waals surface area (Å²) in [5, 5.41) is 8.83. The molecule has 0 rings (SSSR count). The van der Waals surface area contributed by atoms with Gasteiger partial charge in [0.25, 0.3) is 0 Å². The number of rotatable bonds is 3. The van der Waals surface area contributed by atoms with E-state index in [9.17, 15) is 4.57 Å². The molecule has 0 saturated carbocycles. The van der Waals surface area contributed by atoms with E-state index in [0.717, 1.165) is 0 Å². The van der Waals surface area contributed by atoms with Gasteiger partial charge in [-0.25, -0.2) is 0 Å². The van der Waals surface area contributed by atoms with E-state index in [1.54, 1.807) is 6.92 Å². The van der Waals surface area contributed by atoms with Crippen LogP contribution in [0.5, 0.6) is 0 Å². The second kappa shape index (κ2) is 3.90. The van der Waals surface area contributed by atoms with Crippen LogP contribution >= 0.6 is 8.03 Å². The highest BCUT2D eigenvalue weighted by atomic mass is 31.1. The maximum atomic E-state index is 10.0. The third-order valence-electron chi connectivity index (χ3n) is 0.950. The zero-order chi connectivity index (χ0) is 7.44. The average molecular weight is 152 g/mol. The van der Waals surface area contributed by atoms with Crippen molar-refractivity contribution in [3.8, 4) is 0 Å². The minimum absolute atomic E-state index is 0.132. The minimum Gasteiger partial charge on any atom is -0.387 e. The highest BCUT2D eigenvalue weighted by molar-refractivity contribution is 7.38. The van der Waals surface area contributed by atoms with E-state index >= 15 is 0 Å². The van der Waals surface area contributed by atoms with Gasteiger partial charge in [0.15, 0.2) is 0 Å². The van der Waals surface area contributed by atoms with Crippen molar-refractivity contribution in [3.05, 3.63) is 0 Å². The molecule has 1 unspecified atom stereocenters. The summed E-state index contributed by atoms with van der Waals surface area (Å²) in [7, 11) is -2.25. The topological polar surface area (TPSA) is 83.5 Å². The molecule has 0 heterocycles. The third-order valence-corrected chi connectivity index (χ3v) is 1.64. The Kier molecular flexibility index (Phi) is 3.89. The van der Waals surface area contributed by atoms with E-state index in [0.29, 0.717) is 0 Å². The first-order valence-corrected chi connectivity index (χ1v) is 4.01. The van der Waals surface area contributed by atoms with Crippen LogP contribution in [0.2, 0.25) is 0 Å². The minimum atomic E-state index is -2.25. The standard InChI is InChI=1S/C4H10NO3P/c1-3(5)4(6)2-9(7)8/h3-4,6H,2,5H2,1H3/p+1/t3-,4-/m1/s1. The summed E-state index contributed by atoms with van der Waals surface area (Å²) in [6, 6.07) is -0.434. The van der Waals surface area contributed by atoms with Gasteiger partial charge in [-0.1, -0.05) is 0 Å². The van der Waals surface area contributed by atoms with Crippen LogP contribution in [0.1, 0.15) is 6.92 Å². The van der Waals surface area contributed by atoms with Gasteiger partial charge >= 0.3 is 8.03 Å². The van der Waals surface area contributed by atoms with E-state index in [2.05, 4.69) is 0 Å². The van der Waals surface area contributed by atoms with Crippen LogP contribution in [0.15, 0.2) is 0 Å². The number of aliphatic hydroxyl groups is 1. The molecule has 5 heteroatoms. The van der Waals surface area contributed by atoms with Crippen LogP contribution in [-0.2, 0) is 4.57 Å². The number of aliphatic hydroxyl groups excluding tert-OH is 1. The molecular weight excluding hydrogens is 141 g/mol. The van der Waals surface area contributed by atoms with Gasteiger partial charge in [0.1, 0.15) is 6.10 Å². The summed E-state index contributed by atoms with van der Waals surface area (Å²) < 4.78 is 10.0. The second-order valence-corrected chi connectivity index (χ2v) is 3.03. The molecule has 0 radical (unpaired) electrons. The largest absolute Gasteiger partial charge is 0.508 e. The molecule has 0 bridgehead atoms. The van der Waals surface area contributed by atoms with Gasteiger partial charge in [-0.3, -0.25) is 0 Å². The lowest BCUT2D eigenvalue weighted by Crippen LogP contribution is -2.33. The molecule has 4 N–H and O–H groups in total. The Balaban J connectivity index is 3.50. The van der Waals surface area contributed by atoms with Crippen molar-refractivity contribution in [1.29, 1.82) is 0 Å². The molecule has 0 fully saturated rings. The molecule has 0 saturated heterocycles. The number of hydrogen-bond acceptors (Lipinski definition) is 3. The molecule has 0 aliphatic heterocycles. The van der Waals surface area contributed by atoms with Crippen LogP contribution < -0.4 is 5.73 Å². The van der Waals surface area contributed by atoms with Crippen LogP contribution in [0.4, 0.5) is 0 Å². The molecule has 0 aromatic carbocycles. The number of nitrogens with two attached hydrogens (primary N) is 1. The lowest BCUT2D eigenvalue weighted by atomic mass is 10.2. The van der Waals surface area contributed by atoms with Gasteiger partial charge in [0.2, 0.25) is 6.16 Å². The first-order valence-electron chi connectivity index (χ1n) is 2.61. The van der Waals surface area contributed by atoms with E-state index in [1.807, 2.05) is 0 Å². The lowest BCUT2D eigenvalue weighted by molar-refractivity contribution is 0.171. The molecule has 0 aliphatic rings. The predicted molar refractivity (Wildman–Crippen MR) is 34.3 cm³/mol. The van der Waals surface area contributed by atoms with Gasteiger partial charge < -0.3 is 10.8 Å². The Morgan fingerprint density at radius 1 is 1.78 bits per heavy atom. The highest BCUT2D eigenvalue weighted by Crippen LogP contribution is 2.14. The van der Waals surface area contributed by atoms with E-state index in [4.69, 9.17) is 15.7 Å². The summed E-state index contributed by atoms with van der Waals surface area (Å²) in [4.78, 5) is 8.27. The highest BCUT2D eigenvalue weighted by Gasteiger charge is 2.21. The maximum Gasteiger partial charge on any atom is 0.508 e. The van der Waals surface area contributed by atoms with Gasteiger partial charge in [0.05, 0.1) is 0 Å². The zero-order valence-corrected chi connectivity index (χ0v) is 6.08. The van der Waals surface area contributed by atoms with Crippen molar-refractivity contribution in [3.63, 3.8) is 0 Å². The first-order chi connectivity index (χ1) is 4.04. The normalized spacial score (nSPS) is 18.9. The fourth-order valence-corrected chi connectivity index (χ4v) is 0.979. The Labute approximate surface area is 54.6 Å². The third kappa shape index (κ3) is 4.48. The Morgan fingerprint density at radius 3 is 2.33 bits per heavy atom. The van der Waals surface area contributed by atoms with Crippen molar-refractivity contribution in [1.82, 2.24) is 0 Å². The molecular formula is C4H11NO3P+. The van der Waals surface area contributed by atoms with Crippen molar-refractivity contribution >= 4 is 8.03 Å². The smallest absolute Gasteiger partial charge is 0.387 e. The zero-order valence-electron chi connectivity index (χ0n) is 5.19. The van der Waals surface area contributed by atoms with Gasteiger partial charge in [-0.2, -0.15) is 4.89 Å². The van der Waals surface area contributed by atoms with Crippen molar-refractivity contribution < 1.29 is 14.6 Å². The molecule has 0 amide bonds. The molecule has 0 aliphatic carbocycles. The maximum absolute atomic E-state index is 10.0. The first kappa shape index (κ1) is 8.98. The van der Waals surface area contributed by atoms with Gasteiger partial charge in [0, 0.05) is 6.04 Å². The fourth-order valence-electron chi connectivity index (χ4n) is 0.326. The monoisotopic (exact) mass is 152 g/mol. The molecule has 54 valence electrons. The van der Waals surface area contributed by atoms with Crippen LogP contribution in [0, 0.1) is 0 Å². The molecule has 0 spiro atoms. The predicted octanol–water partition coefficient (Wildman–Crippen LogP) is -0.571. The molecule has 0 aromatic heterocycles. The van der Waals surface area contributed by atoms with Gasteiger partial charge in [-0.15, -0.1) is 0 Å². The van der Waals surface area contributed by atoms with Crippen molar-refractivity contribution in [2.24, 2.45) is 5.73 Å². The van der Waals surface area contributed by atoms with Crippen LogP contribution in [0.3, 0.4) is 0 Å². The summed E-state index contributed by atoms with van der Waals surface area (Å²) in [5.74, 6) is 0. The summed E-state index contributed by atoms with van der Waals surface area (Å²) in [6.45, 7) is 1.59. The molecule has 9 heavy (non-hydrogen) atoms. The van der Waals surface area contributed by atoms with E-state index in [-0.39, 0.29) is 6.16 Å². The number of hydrogen-bond donors (Lipinski definition) is 3. The SMILES string of the molecule is C[C@@H](N)[C@H](O)C[P+](=O)O. The molecule has 0 aromatic rings. The van der Waals surface area contributed by atoms with Crippen molar-refractivity contribution in [2.75, 3.05) is 6.16 Å². The second-order valence-electron chi connectivity index (χ2n) is 1.96. The van der Waals surface area contributed by atoms with Crippen LogP contribution in [0.25, 0.3) is 0 Å². The van der Waals surface area contributed by atoms with Crippen LogP contribution in [-0.4, -0.2) is 28.3 Å². The fraction of sp³-hybridized carbons (Fsp3) is 1.00. The summed E-state index contributed by atoms with van der Waals surface area (Å²) in [5.41, 5.74) is 5.19. The van der Waals surface area contributed by atoms with E-state index in [1.165, 1.54) is 0 Å². The summed E-state index contributed by atoms with van der Waals surface area (Å²) >= 11 is 0.